The number of carbonyl (C=O) groups excluding carboxylic acids is 1. The first kappa shape index (κ1) is 14.3. The minimum atomic E-state index is -0.360. The highest BCUT2D eigenvalue weighted by molar-refractivity contribution is 8.00. The fourth-order valence-corrected chi connectivity index (χ4v) is 2.38. The predicted octanol–water partition coefficient (Wildman–Crippen LogP) is 2.20. The molecular weight excluding hydrogens is 274 g/mol. The zero-order valence-corrected chi connectivity index (χ0v) is 12.0. The number of aromatic amines is 1. The number of thioether (sulfide) groups is 1. The van der Waals surface area contributed by atoms with Crippen molar-refractivity contribution >= 4 is 23.4 Å². The van der Waals surface area contributed by atoms with Gasteiger partial charge in [0.1, 0.15) is 0 Å². The van der Waals surface area contributed by atoms with Crippen LogP contribution in [0.4, 0.5) is 5.69 Å². The highest BCUT2D eigenvalue weighted by atomic mass is 32.2. The van der Waals surface area contributed by atoms with E-state index in [-0.39, 0.29) is 16.7 Å². The average Bonchev–Trinajstić information content (AvgIpc) is 2.38. The number of benzene rings is 1. The Labute approximate surface area is 120 Å². The Bertz CT molecular complexity index is 669. The molecule has 0 spiro atoms. The van der Waals surface area contributed by atoms with Gasteiger partial charge in [0.2, 0.25) is 5.91 Å². The number of aromatic nitrogens is 2. The maximum Gasteiger partial charge on any atom is 0.251 e. The molecule has 0 aliphatic rings. The summed E-state index contributed by atoms with van der Waals surface area (Å²) in [7, 11) is 0. The molecule has 2 aromatic rings. The second-order valence-electron chi connectivity index (χ2n) is 4.36. The van der Waals surface area contributed by atoms with E-state index in [0.29, 0.717) is 5.16 Å². The molecule has 104 valence electrons. The Hall–Kier alpha value is -2.08. The van der Waals surface area contributed by atoms with Gasteiger partial charge in [0.25, 0.3) is 5.56 Å². The van der Waals surface area contributed by atoms with Crippen LogP contribution in [0.25, 0.3) is 0 Å². The van der Waals surface area contributed by atoms with Crippen molar-refractivity contribution in [3.05, 3.63) is 52.4 Å². The molecule has 1 heterocycles. The van der Waals surface area contributed by atoms with E-state index in [1.165, 1.54) is 24.0 Å². The summed E-state index contributed by atoms with van der Waals surface area (Å²) < 4.78 is 0. The number of rotatable bonds is 4. The van der Waals surface area contributed by atoms with Gasteiger partial charge in [-0.05, 0) is 31.5 Å². The van der Waals surface area contributed by atoms with Gasteiger partial charge in [-0.15, -0.1) is 0 Å². The maximum atomic E-state index is 12.1. The zero-order chi connectivity index (χ0) is 14.5. The molecule has 1 amide bonds. The predicted molar refractivity (Wildman–Crippen MR) is 80.0 cm³/mol. The van der Waals surface area contributed by atoms with Gasteiger partial charge in [-0.1, -0.05) is 23.9 Å². The fraction of sp³-hybridized carbons (Fsp3) is 0.214. The molecule has 6 heteroatoms. The van der Waals surface area contributed by atoms with Crippen molar-refractivity contribution < 1.29 is 4.79 Å². The van der Waals surface area contributed by atoms with Gasteiger partial charge in [0, 0.05) is 18.0 Å². The third-order valence-corrected chi connectivity index (χ3v) is 3.59. The summed E-state index contributed by atoms with van der Waals surface area (Å²) in [6, 6.07) is 8.93. The highest BCUT2D eigenvalue weighted by Gasteiger charge is 2.15. The van der Waals surface area contributed by atoms with E-state index >= 15 is 0 Å². The van der Waals surface area contributed by atoms with E-state index in [9.17, 15) is 9.59 Å². The van der Waals surface area contributed by atoms with Crippen LogP contribution in [0.5, 0.6) is 0 Å². The van der Waals surface area contributed by atoms with E-state index in [4.69, 9.17) is 0 Å². The first-order chi connectivity index (χ1) is 9.54. The molecule has 0 aliphatic heterocycles. The van der Waals surface area contributed by atoms with Crippen molar-refractivity contribution in [2.45, 2.75) is 24.3 Å². The Morgan fingerprint density at radius 1 is 1.40 bits per heavy atom. The van der Waals surface area contributed by atoms with Crippen molar-refractivity contribution in [2.75, 3.05) is 5.32 Å². The molecule has 0 unspecified atom stereocenters. The van der Waals surface area contributed by atoms with Gasteiger partial charge < -0.3 is 10.3 Å². The first-order valence-electron chi connectivity index (χ1n) is 6.14. The van der Waals surface area contributed by atoms with Crippen LogP contribution in [-0.4, -0.2) is 21.1 Å². The monoisotopic (exact) mass is 289 g/mol. The van der Waals surface area contributed by atoms with Crippen LogP contribution in [0, 0.1) is 6.92 Å². The maximum absolute atomic E-state index is 12.1. The molecule has 1 aromatic heterocycles. The largest absolute Gasteiger partial charge is 0.325 e. The summed E-state index contributed by atoms with van der Waals surface area (Å²) in [6.07, 6.45) is 1.42. The van der Waals surface area contributed by atoms with Crippen LogP contribution >= 0.6 is 11.8 Å². The van der Waals surface area contributed by atoms with E-state index in [2.05, 4.69) is 15.3 Å². The Balaban J connectivity index is 2.00. The molecule has 5 nitrogen and oxygen atoms in total. The molecule has 0 bridgehead atoms. The number of hydrogen-bond acceptors (Lipinski definition) is 4. The molecule has 0 fully saturated rings. The summed E-state index contributed by atoms with van der Waals surface area (Å²) in [5.41, 5.74) is 1.61. The van der Waals surface area contributed by atoms with Gasteiger partial charge in [0.05, 0.1) is 5.25 Å². The lowest BCUT2D eigenvalue weighted by Gasteiger charge is -2.11. The molecule has 0 saturated carbocycles. The molecular formula is C14H15N3O2S. The first-order valence-corrected chi connectivity index (χ1v) is 7.02. The quantitative estimate of drug-likeness (QED) is 0.668. The van der Waals surface area contributed by atoms with Crippen molar-refractivity contribution in [3.63, 3.8) is 0 Å². The van der Waals surface area contributed by atoms with E-state index in [1.54, 1.807) is 6.92 Å². The molecule has 0 radical (unpaired) electrons. The lowest BCUT2D eigenvalue weighted by molar-refractivity contribution is -0.115. The zero-order valence-electron chi connectivity index (χ0n) is 11.2. The van der Waals surface area contributed by atoms with Crippen LogP contribution in [0.1, 0.15) is 12.5 Å². The van der Waals surface area contributed by atoms with E-state index in [0.717, 1.165) is 11.3 Å². The van der Waals surface area contributed by atoms with Crippen LogP contribution in [0.2, 0.25) is 0 Å². The molecule has 1 aromatic carbocycles. The van der Waals surface area contributed by atoms with Crippen molar-refractivity contribution in [3.8, 4) is 0 Å². The summed E-state index contributed by atoms with van der Waals surface area (Å²) >= 11 is 1.21. The number of carbonyl (C=O) groups is 1. The second kappa shape index (κ2) is 6.38. The van der Waals surface area contributed by atoms with Gasteiger partial charge >= 0.3 is 0 Å². The number of nitrogens with one attached hydrogen (secondary N) is 2. The van der Waals surface area contributed by atoms with E-state index in [1.807, 2.05) is 31.2 Å². The number of nitrogens with zero attached hydrogens (tertiary/aromatic N) is 1. The van der Waals surface area contributed by atoms with Crippen molar-refractivity contribution in [2.24, 2.45) is 0 Å². The van der Waals surface area contributed by atoms with Gasteiger partial charge in [-0.2, -0.15) is 0 Å². The smallest absolute Gasteiger partial charge is 0.251 e. The van der Waals surface area contributed by atoms with Gasteiger partial charge in [0.15, 0.2) is 5.16 Å². The minimum Gasteiger partial charge on any atom is -0.325 e. The van der Waals surface area contributed by atoms with Crippen molar-refractivity contribution in [1.82, 2.24) is 9.97 Å². The molecule has 1 atom stereocenters. The Kier molecular flexibility index (Phi) is 4.57. The standard InChI is InChI=1S/C14H15N3O2S/c1-9-4-3-5-11(8-9)16-13(19)10(2)20-14-15-7-6-12(18)17-14/h3-8,10H,1-2H3,(H,16,19)(H,15,17,18)/t10-/m0/s1. The van der Waals surface area contributed by atoms with Gasteiger partial charge in [-0.3, -0.25) is 9.59 Å². The Morgan fingerprint density at radius 3 is 2.90 bits per heavy atom. The number of amides is 1. The Morgan fingerprint density at radius 2 is 2.20 bits per heavy atom. The van der Waals surface area contributed by atoms with Crippen LogP contribution < -0.4 is 10.9 Å². The number of anilines is 1. The average molecular weight is 289 g/mol. The minimum absolute atomic E-state index is 0.132. The molecule has 20 heavy (non-hydrogen) atoms. The number of H-pyrrole nitrogens is 1. The van der Waals surface area contributed by atoms with Gasteiger partial charge in [-0.25, -0.2) is 4.98 Å². The van der Waals surface area contributed by atoms with Crippen LogP contribution in [-0.2, 0) is 4.79 Å². The van der Waals surface area contributed by atoms with Crippen molar-refractivity contribution in [1.29, 1.82) is 0 Å². The summed E-state index contributed by atoms with van der Waals surface area (Å²) in [6.45, 7) is 3.73. The normalized spacial score (nSPS) is 11.9. The highest BCUT2D eigenvalue weighted by Crippen LogP contribution is 2.19. The lowest BCUT2D eigenvalue weighted by atomic mass is 10.2. The second-order valence-corrected chi connectivity index (χ2v) is 5.69. The molecule has 0 saturated heterocycles. The topological polar surface area (TPSA) is 74.8 Å². The van der Waals surface area contributed by atoms with Crippen LogP contribution in [0.15, 0.2) is 46.5 Å². The van der Waals surface area contributed by atoms with E-state index < -0.39 is 0 Å². The van der Waals surface area contributed by atoms with Crippen LogP contribution in [0.3, 0.4) is 0 Å². The third-order valence-electron chi connectivity index (χ3n) is 2.59. The lowest BCUT2D eigenvalue weighted by Crippen LogP contribution is -2.23. The summed E-state index contributed by atoms with van der Waals surface area (Å²) in [4.78, 5) is 29.8. The summed E-state index contributed by atoms with van der Waals surface area (Å²) in [5, 5.41) is 2.91. The number of aryl methyl sites for hydroxylation is 1. The summed E-state index contributed by atoms with van der Waals surface area (Å²) in [5.74, 6) is -0.132. The third kappa shape index (κ3) is 3.96. The fourth-order valence-electron chi connectivity index (χ4n) is 1.60. The number of hydrogen-bond donors (Lipinski definition) is 2. The molecule has 2 N–H and O–H groups in total. The SMILES string of the molecule is Cc1cccc(NC(=O)[C@H](C)Sc2nccc(=O)[nH]2)c1. The molecule has 0 aliphatic carbocycles. The molecule has 2 rings (SSSR count).